The number of carboxylic acids is 1. The molecule has 0 aliphatic carbocycles. The number of aromatic nitrogens is 3. The van der Waals surface area contributed by atoms with Crippen LogP contribution in [-0.2, 0) is 10.9 Å². The van der Waals surface area contributed by atoms with Crippen molar-refractivity contribution in [3.05, 3.63) is 41.2 Å². The van der Waals surface area contributed by atoms with Crippen LogP contribution in [0.3, 0.4) is 0 Å². The monoisotopic (exact) mass is 329 g/mol. The van der Waals surface area contributed by atoms with Gasteiger partial charge in [0.2, 0.25) is 5.69 Å². The average Bonchev–Trinajstić information content (AvgIpc) is 2.92. The molecule has 0 spiro atoms. The van der Waals surface area contributed by atoms with Crippen molar-refractivity contribution >= 4 is 11.9 Å². The summed E-state index contributed by atoms with van der Waals surface area (Å²) in [4.78, 5) is 22.6. The summed E-state index contributed by atoms with van der Waals surface area (Å²) in [6.45, 7) is 1.32. The maximum Gasteiger partial charge on any atom is 0.437 e. The molecule has 1 N–H and O–H groups in total. The molecule has 1 heterocycles. The molecule has 0 bridgehead atoms. The van der Waals surface area contributed by atoms with Crippen LogP contribution >= 0.6 is 0 Å². The minimum atomic E-state index is -4.89. The van der Waals surface area contributed by atoms with Crippen LogP contribution in [0.15, 0.2) is 24.3 Å². The van der Waals surface area contributed by atoms with Gasteiger partial charge >= 0.3 is 18.1 Å². The molecule has 0 saturated heterocycles. The standard InChI is InChI=1S/C13H10F3N3O4/c1-2-23-12(22)9-10(13(14,15)16)17-18-19(9)8-5-3-7(4-6-8)11(20)21/h3-6H,2H2,1H3,(H,20,21). The zero-order valence-electron chi connectivity index (χ0n) is 11.7. The van der Waals surface area contributed by atoms with Gasteiger partial charge in [0.05, 0.1) is 17.9 Å². The molecule has 2 rings (SSSR count). The second-order valence-corrected chi connectivity index (χ2v) is 4.27. The normalized spacial score (nSPS) is 11.3. The van der Waals surface area contributed by atoms with Crippen LogP contribution in [0.25, 0.3) is 5.69 Å². The zero-order valence-corrected chi connectivity index (χ0v) is 11.7. The molecule has 7 nitrogen and oxygen atoms in total. The number of esters is 1. The summed E-state index contributed by atoms with van der Waals surface area (Å²) in [5, 5.41) is 15.1. The van der Waals surface area contributed by atoms with Gasteiger partial charge in [-0.1, -0.05) is 5.21 Å². The Kier molecular flexibility index (Phi) is 4.34. The molecule has 0 atom stereocenters. The molecule has 23 heavy (non-hydrogen) atoms. The predicted octanol–water partition coefficient (Wildman–Crippen LogP) is 2.16. The first kappa shape index (κ1) is 16.5. The fourth-order valence-corrected chi connectivity index (χ4v) is 1.78. The number of benzene rings is 1. The second-order valence-electron chi connectivity index (χ2n) is 4.27. The Balaban J connectivity index is 2.56. The average molecular weight is 329 g/mol. The maximum absolute atomic E-state index is 12.9. The van der Waals surface area contributed by atoms with E-state index in [9.17, 15) is 22.8 Å². The second kappa shape index (κ2) is 6.07. The minimum absolute atomic E-state index is 0.0426. The largest absolute Gasteiger partial charge is 0.478 e. The molecule has 2 aromatic rings. The molecule has 0 unspecified atom stereocenters. The van der Waals surface area contributed by atoms with Gasteiger partial charge in [0.1, 0.15) is 0 Å². The summed E-state index contributed by atoms with van der Waals surface area (Å²) in [5.74, 6) is -2.43. The third-order valence-electron chi connectivity index (χ3n) is 2.77. The first-order valence-corrected chi connectivity index (χ1v) is 6.29. The molecule has 1 aromatic heterocycles. The summed E-state index contributed by atoms with van der Waals surface area (Å²) in [5.41, 5.74) is -2.37. The molecule has 0 fully saturated rings. The lowest BCUT2D eigenvalue weighted by Crippen LogP contribution is -2.18. The van der Waals surface area contributed by atoms with Gasteiger partial charge in [-0.2, -0.15) is 13.2 Å². The number of alkyl halides is 3. The zero-order chi connectivity index (χ0) is 17.2. The van der Waals surface area contributed by atoms with Gasteiger partial charge in [0.15, 0.2) is 5.69 Å². The highest BCUT2D eigenvalue weighted by Crippen LogP contribution is 2.31. The fraction of sp³-hybridized carbons (Fsp3) is 0.231. The first-order chi connectivity index (χ1) is 10.8. The number of rotatable bonds is 4. The predicted molar refractivity (Wildman–Crippen MR) is 69.3 cm³/mol. The lowest BCUT2D eigenvalue weighted by atomic mass is 10.2. The number of carbonyl (C=O) groups excluding carboxylic acids is 1. The minimum Gasteiger partial charge on any atom is -0.478 e. The van der Waals surface area contributed by atoms with Crippen LogP contribution in [-0.4, -0.2) is 38.6 Å². The van der Waals surface area contributed by atoms with Gasteiger partial charge in [-0.3, -0.25) is 0 Å². The Morgan fingerprint density at radius 2 is 1.87 bits per heavy atom. The Morgan fingerprint density at radius 3 is 2.35 bits per heavy atom. The highest BCUT2D eigenvalue weighted by atomic mass is 19.4. The number of carbonyl (C=O) groups is 2. The molecule has 0 amide bonds. The fourth-order valence-electron chi connectivity index (χ4n) is 1.78. The number of hydrogen-bond donors (Lipinski definition) is 1. The van der Waals surface area contributed by atoms with Gasteiger partial charge in [-0.25, -0.2) is 14.3 Å². The highest BCUT2D eigenvalue weighted by Gasteiger charge is 2.41. The molecular formula is C13H10F3N3O4. The summed E-state index contributed by atoms with van der Waals surface area (Å²) in [6, 6.07) is 4.76. The van der Waals surface area contributed by atoms with E-state index in [1.54, 1.807) is 0 Å². The van der Waals surface area contributed by atoms with Crippen molar-refractivity contribution in [2.75, 3.05) is 6.61 Å². The van der Waals surface area contributed by atoms with E-state index in [0.717, 1.165) is 0 Å². The number of ether oxygens (including phenoxy) is 1. The van der Waals surface area contributed by atoms with Gasteiger partial charge in [0.25, 0.3) is 0 Å². The molecule has 0 aliphatic rings. The van der Waals surface area contributed by atoms with Gasteiger partial charge < -0.3 is 9.84 Å². The molecule has 0 saturated carbocycles. The van der Waals surface area contributed by atoms with Crippen molar-refractivity contribution < 1.29 is 32.6 Å². The van der Waals surface area contributed by atoms with Crippen molar-refractivity contribution in [3.8, 4) is 5.69 Å². The van der Waals surface area contributed by atoms with Crippen LogP contribution in [0, 0.1) is 0 Å². The topological polar surface area (TPSA) is 94.3 Å². The highest BCUT2D eigenvalue weighted by molar-refractivity contribution is 5.90. The lowest BCUT2D eigenvalue weighted by Gasteiger charge is -2.09. The number of hydrogen-bond acceptors (Lipinski definition) is 5. The van der Waals surface area contributed by atoms with E-state index in [4.69, 9.17) is 5.11 Å². The van der Waals surface area contributed by atoms with Gasteiger partial charge in [0, 0.05) is 0 Å². The summed E-state index contributed by atoms with van der Waals surface area (Å²) < 4.78 is 44.1. The lowest BCUT2D eigenvalue weighted by molar-refractivity contribution is -0.141. The smallest absolute Gasteiger partial charge is 0.437 e. The third kappa shape index (κ3) is 3.30. The Bertz CT molecular complexity index is 738. The Labute approximate surface area is 127 Å². The molecular weight excluding hydrogens is 319 g/mol. The molecule has 122 valence electrons. The Morgan fingerprint density at radius 1 is 1.26 bits per heavy atom. The molecule has 1 aromatic carbocycles. The van der Waals surface area contributed by atoms with E-state index < -0.39 is 29.5 Å². The quantitative estimate of drug-likeness (QED) is 0.864. The number of halogens is 3. The van der Waals surface area contributed by atoms with Crippen molar-refractivity contribution in [2.24, 2.45) is 0 Å². The first-order valence-electron chi connectivity index (χ1n) is 6.29. The van der Waals surface area contributed by atoms with Crippen LogP contribution in [0.5, 0.6) is 0 Å². The SMILES string of the molecule is CCOC(=O)c1c(C(F)(F)F)nnn1-c1ccc(C(=O)O)cc1. The molecule has 0 radical (unpaired) electrons. The van der Waals surface area contributed by atoms with Crippen LogP contribution in [0.2, 0.25) is 0 Å². The van der Waals surface area contributed by atoms with Crippen molar-refractivity contribution in [3.63, 3.8) is 0 Å². The van der Waals surface area contributed by atoms with E-state index in [-0.39, 0.29) is 17.9 Å². The van der Waals surface area contributed by atoms with Crippen molar-refractivity contribution in [2.45, 2.75) is 13.1 Å². The third-order valence-corrected chi connectivity index (χ3v) is 2.77. The van der Waals surface area contributed by atoms with E-state index in [0.29, 0.717) is 4.68 Å². The number of aromatic carboxylic acids is 1. The van der Waals surface area contributed by atoms with Crippen LogP contribution in [0.4, 0.5) is 13.2 Å². The van der Waals surface area contributed by atoms with E-state index in [2.05, 4.69) is 15.0 Å². The summed E-state index contributed by atoms with van der Waals surface area (Å²) in [7, 11) is 0. The van der Waals surface area contributed by atoms with Crippen LogP contribution in [0.1, 0.15) is 33.5 Å². The van der Waals surface area contributed by atoms with Gasteiger partial charge in [-0.15, -0.1) is 5.10 Å². The Hall–Kier alpha value is -2.91. The van der Waals surface area contributed by atoms with Gasteiger partial charge in [-0.05, 0) is 31.2 Å². The summed E-state index contributed by atoms with van der Waals surface area (Å²) in [6.07, 6.45) is -4.89. The summed E-state index contributed by atoms with van der Waals surface area (Å²) >= 11 is 0. The number of nitrogens with zero attached hydrogens (tertiary/aromatic N) is 3. The van der Waals surface area contributed by atoms with E-state index in [1.807, 2.05) is 0 Å². The van der Waals surface area contributed by atoms with E-state index >= 15 is 0 Å². The molecule has 10 heteroatoms. The molecule has 0 aliphatic heterocycles. The maximum atomic E-state index is 12.9. The number of carboxylic acid groups (broad SMARTS) is 1. The van der Waals surface area contributed by atoms with E-state index in [1.165, 1.54) is 31.2 Å². The van der Waals surface area contributed by atoms with Crippen LogP contribution < -0.4 is 0 Å². The van der Waals surface area contributed by atoms with Crippen molar-refractivity contribution in [1.82, 2.24) is 15.0 Å². The van der Waals surface area contributed by atoms with Crippen molar-refractivity contribution in [1.29, 1.82) is 0 Å².